The molecule has 0 N–H and O–H groups in total. The van der Waals surface area contributed by atoms with Crippen LogP contribution in [0, 0.1) is 5.82 Å². The minimum atomic E-state index is -4.40. The number of alkyl halides is 3. The average molecular weight is 468 g/mol. The standard InChI is InChI=1S/C25H20F4N4O/c26-22-5-1-4-20(13-22)24(34)33(16-19-3-2-10-30-14-19)17-23-31-11-12-32(23)15-18-6-8-21(9-7-18)25(27,28)29/h1-14H,15-17H2. The first-order valence-electron chi connectivity index (χ1n) is 10.4. The van der Waals surface area contributed by atoms with Crippen molar-refractivity contribution in [3.63, 3.8) is 0 Å². The summed E-state index contributed by atoms with van der Waals surface area (Å²) in [5, 5.41) is 0. The van der Waals surface area contributed by atoms with Crippen molar-refractivity contribution in [2.45, 2.75) is 25.8 Å². The monoisotopic (exact) mass is 468 g/mol. The summed E-state index contributed by atoms with van der Waals surface area (Å²) in [6.07, 6.45) is 2.12. The van der Waals surface area contributed by atoms with Crippen LogP contribution in [0.15, 0.2) is 85.5 Å². The molecule has 0 atom stereocenters. The van der Waals surface area contributed by atoms with Crippen molar-refractivity contribution in [2.75, 3.05) is 0 Å². The van der Waals surface area contributed by atoms with Gasteiger partial charge in [0.2, 0.25) is 0 Å². The Balaban J connectivity index is 1.57. The second-order valence-corrected chi connectivity index (χ2v) is 7.70. The van der Waals surface area contributed by atoms with Gasteiger partial charge in [0.25, 0.3) is 5.91 Å². The fourth-order valence-corrected chi connectivity index (χ4v) is 3.52. The van der Waals surface area contributed by atoms with E-state index in [2.05, 4.69) is 9.97 Å². The van der Waals surface area contributed by atoms with Gasteiger partial charge in [-0.25, -0.2) is 9.37 Å². The van der Waals surface area contributed by atoms with Gasteiger partial charge in [-0.15, -0.1) is 0 Å². The van der Waals surface area contributed by atoms with Gasteiger partial charge >= 0.3 is 6.18 Å². The maximum atomic E-state index is 13.7. The van der Waals surface area contributed by atoms with Crippen LogP contribution in [-0.4, -0.2) is 25.3 Å². The molecule has 0 bridgehead atoms. The van der Waals surface area contributed by atoms with Crippen LogP contribution in [0.5, 0.6) is 0 Å². The van der Waals surface area contributed by atoms with E-state index >= 15 is 0 Å². The number of halogens is 4. The normalized spacial score (nSPS) is 11.4. The highest BCUT2D eigenvalue weighted by molar-refractivity contribution is 5.94. The molecule has 0 aliphatic heterocycles. The molecule has 0 aliphatic carbocycles. The van der Waals surface area contributed by atoms with Crippen molar-refractivity contribution in [3.8, 4) is 0 Å². The van der Waals surface area contributed by atoms with E-state index in [9.17, 15) is 22.4 Å². The average Bonchev–Trinajstić information content (AvgIpc) is 3.25. The molecule has 0 unspecified atom stereocenters. The zero-order valence-corrected chi connectivity index (χ0v) is 17.9. The van der Waals surface area contributed by atoms with Crippen molar-refractivity contribution >= 4 is 5.91 Å². The number of nitrogens with zero attached hydrogens (tertiary/aromatic N) is 4. The molecule has 0 aliphatic rings. The zero-order valence-electron chi connectivity index (χ0n) is 17.9. The summed E-state index contributed by atoms with van der Waals surface area (Å²) in [5.74, 6) is -0.364. The third-order valence-electron chi connectivity index (χ3n) is 5.22. The van der Waals surface area contributed by atoms with Gasteiger partial charge in [0, 0.05) is 43.4 Å². The second-order valence-electron chi connectivity index (χ2n) is 7.70. The highest BCUT2D eigenvalue weighted by atomic mass is 19.4. The molecule has 174 valence electrons. The molecule has 2 heterocycles. The molecule has 0 fully saturated rings. The lowest BCUT2D eigenvalue weighted by Crippen LogP contribution is -2.31. The Hall–Kier alpha value is -4.01. The topological polar surface area (TPSA) is 51.0 Å². The van der Waals surface area contributed by atoms with E-state index in [1.807, 2.05) is 6.07 Å². The summed E-state index contributed by atoms with van der Waals surface area (Å²) in [4.78, 5) is 23.2. The highest BCUT2D eigenvalue weighted by Crippen LogP contribution is 2.29. The number of amides is 1. The van der Waals surface area contributed by atoms with E-state index in [0.717, 1.165) is 17.7 Å². The Morgan fingerprint density at radius 3 is 2.41 bits per heavy atom. The lowest BCUT2D eigenvalue weighted by Gasteiger charge is -2.23. The fourth-order valence-electron chi connectivity index (χ4n) is 3.52. The van der Waals surface area contributed by atoms with Crippen molar-refractivity contribution in [1.29, 1.82) is 0 Å². The number of pyridine rings is 1. The summed E-state index contributed by atoms with van der Waals surface area (Å²) in [7, 11) is 0. The lowest BCUT2D eigenvalue weighted by atomic mass is 10.1. The second kappa shape index (κ2) is 9.86. The maximum Gasteiger partial charge on any atom is 0.416 e. The summed E-state index contributed by atoms with van der Waals surface area (Å²) in [6.45, 7) is 0.608. The number of rotatable bonds is 7. The maximum absolute atomic E-state index is 13.7. The Bertz CT molecular complexity index is 1250. The van der Waals surface area contributed by atoms with Crippen molar-refractivity contribution in [1.82, 2.24) is 19.4 Å². The molecule has 2 aromatic heterocycles. The predicted molar refractivity (Wildman–Crippen MR) is 117 cm³/mol. The molecule has 1 amide bonds. The Morgan fingerprint density at radius 1 is 0.941 bits per heavy atom. The van der Waals surface area contributed by atoms with Crippen LogP contribution in [-0.2, 0) is 25.8 Å². The molecule has 4 rings (SSSR count). The van der Waals surface area contributed by atoms with Crippen LogP contribution < -0.4 is 0 Å². The Kier molecular flexibility index (Phi) is 6.72. The van der Waals surface area contributed by atoms with E-state index in [-0.39, 0.29) is 31.1 Å². The fraction of sp³-hybridized carbons (Fsp3) is 0.160. The van der Waals surface area contributed by atoms with Gasteiger partial charge in [0.05, 0.1) is 12.1 Å². The molecule has 5 nitrogen and oxygen atoms in total. The Morgan fingerprint density at radius 2 is 1.74 bits per heavy atom. The minimum Gasteiger partial charge on any atom is -0.329 e. The minimum absolute atomic E-state index is 0.109. The first kappa shape index (κ1) is 23.2. The Labute approximate surface area is 193 Å². The summed E-state index contributed by atoms with van der Waals surface area (Å²) in [6, 6.07) is 13.9. The van der Waals surface area contributed by atoms with Crippen LogP contribution >= 0.6 is 0 Å². The van der Waals surface area contributed by atoms with Gasteiger partial charge in [-0.3, -0.25) is 9.78 Å². The summed E-state index contributed by atoms with van der Waals surface area (Å²) in [5.41, 5.74) is 0.922. The van der Waals surface area contributed by atoms with Crippen molar-refractivity contribution < 1.29 is 22.4 Å². The smallest absolute Gasteiger partial charge is 0.329 e. The predicted octanol–water partition coefficient (Wildman–Crippen LogP) is 5.33. The molecule has 0 spiro atoms. The highest BCUT2D eigenvalue weighted by Gasteiger charge is 2.30. The number of aromatic nitrogens is 3. The number of carbonyl (C=O) groups is 1. The van der Waals surface area contributed by atoms with Crippen LogP contribution in [0.25, 0.3) is 0 Å². The van der Waals surface area contributed by atoms with Gasteiger partial charge in [-0.05, 0) is 47.5 Å². The largest absolute Gasteiger partial charge is 0.416 e. The van der Waals surface area contributed by atoms with Crippen LogP contribution in [0.2, 0.25) is 0 Å². The molecule has 9 heteroatoms. The van der Waals surface area contributed by atoms with E-state index in [1.165, 1.54) is 41.3 Å². The van der Waals surface area contributed by atoms with Gasteiger partial charge in [0.1, 0.15) is 11.6 Å². The molecular formula is C25H20F4N4O. The van der Waals surface area contributed by atoms with E-state index in [1.54, 1.807) is 35.4 Å². The number of hydrogen-bond acceptors (Lipinski definition) is 3. The summed E-state index contributed by atoms with van der Waals surface area (Å²) >= 11 is 0. The van der Waals surface area contributed by atoms with Gasteiger partial charge in [-0.1, -0.05) is 24.3 Å². The van der Waals surface area contributed by atoms with Crippen molar-refractivity contribution in [3.05, 3.63) is 119 Å². The van der Waals surface area contributed by atoms with Crippen LogP contribution in [0.4, 0.5) is 17.6 Å². The SMILES string of the molecule is O=C(c1cccc(F)c1)N(Cc1cccnc1)Cc1nccn1Cc1ccc(C(F)(F)F)cc1. The molecule has 0 saturated heterocycles. The molecule has 0 saturated carbocycles. The van der Waals surface area contributed by atoms with E-state index in [4.69, 9.17) is 0 Å². The van der Waals surface area contributed by atoms with E-state index in [0.29, 0.717) is 11.4 Å². The zero-order chi connectivity index (χ0) is 24.1. The van der Waals surface area contributed by atoms with Crippen molar-refractivity contribution in [2.24, 2.45) is 0 Å². The molecule has 2 aromatic carbocycles. The number of carbonyl (C=O) groups excluding carboxylic acids is 1. The molecular weight excluding hydrogens is 448 g/mol. The third-order valence-corrected chi connectivity index (χ3v) is 5.22. The summed E-state index contributed by atoms with van der Waals surface area (Å²) < 4.78 is 54.0. The quantitative estimate of drug-likeness (QED) is 0.345. The van der Waals surface area contributed by atoms with Gasteiger partial charge in [-0.2, -0.15) is 13.2 Å². The molecule has 0 radical (unpaired) electrons. The number of imidazole rings is 1. The molecule has 4 aromatic rings. The number of benzene rings is 2. The lowest BCUT2D eigenvalue weighted by molar-refractivity contribution is -0.137. The van der Waals surface area contributed by atoms with Crippen LogP contribution in [0.3, 0.4) is 0 Å². The van der Waals surface area contributed by atoms with Crippen LogP contribution in [0.1, 0.15) is 32.9 Å². The number of hydrogen-bond donors (Lipinski definition) is 0. The van der Waals surface area contributed by atoms with Gasteiger partial charge < -0.3 is 9.47 Å². The first-order chi connectivity index (χ1) is 16.3. The molecule has 34 heavy (non-hydrogen) atoms. The van der Waals surface area contributed by atoms with E-state index < -0.39 is 17.6 Å². The van der Waals surface area contributed by atoms with Gasteiger partial charge in [0.15, 0.2) is 0 Å². The first-order valence-corrected chi connectivity index (χ1v) is 10.4. The third kappa shape index (κ3) is 5.67.